The van der Waals surface area contributed by atoms with Gasteiger partial charge >= 0.3 is 15.2 Å². The molecule has 0 bridgehead atoms. The zero-order valence-electron chi connectivity index (χ0n) is 24.5. The molecule has 4 aromatic rings. The summed E-state index contributed by atoms with van der Waals surface area (Å²) in [5.41, 5.74) is 0.0202. The van der Waals surface area contributed by atoms with Crippen LogP contribution in [0.3, 0.4) is 0 Å². The highest BCUT2D eigenvalue weighted by molar-refractivity contribution is 7.62. The zero-order valence-corrected chi connectivity index (χ0v) is 27.0. The average molecular weight is 633 g/mol. The first-order valence-electron chi connectivity index (χ1n) is 13.7. The molecule has 1 saturated heterocycles. The number of halogens is 1. The van der Waals surface area contributed by atoms with Crippen molar-refractivity contribution in [3.63, 3.8) is 0 Å². The van der Waals surface area contributed by atoms with E-state index < -0.39 is 32.5 Å². The van der Waals surface area contributed by atoms with Crippen molar-refractivity contribution in [2.45, 2.75) is 71.6 Å². The number of benzene rings is 2. The van der Waals surface area contributed by atoms with Crippen molar-refractivity contribution >= 4 is 53.9 Å². The molecular formula is C30H35ClN2O7P2. The summed E-state index contributed by atoms with van der Waals surface area (Å²) >= 11 is 6.17. The van der Waals surface area contributed by atoms with E-state index in [2.05, 4.69) is 4.98 Å². The smallest absolute Gasteiger partial charge is 0.333 e. The number of hydrogen-bond acceptors (Lipinski definition) is 8. The van der Waals surface area contributed by atoms with E-state index in [4.69, 9.17) is 29.7 Å². The Labute approximate surface area is 250 Å². The van der Waals surface area contributed by atoms with Gasteiger partial charge in [0.15, 0.2) is 5.43 Å². The molecule has 3 heterocycles. The third-order valence-corrected chi connectivity index (χ3v) is 10.8. The number of rotatable bonds is 6. The number of fused-ring (bicyclic) bond motifs is 3. The number of pyridine rings is 2. The molecule has 224 valence electrons. The van der Waals surface area contributed by atoms with Gasteiger partial charge in [0.2, 0.25) is 0 Å². The Kier molecular flexibility index (Phi) is 8.36. The highest BCUT2D eigenvalue weighted by atomic mass is 35.5. The summed E-state index contributed by atoms with van der Waals surface area (Å²) in [7, 11) is -7.45. The second-order valence-corrected chi connectivity index (χ2v) is 16.6. The maximum Gasteiger partial charge on any atom is 0.363 e. The molecule has 5 rings (SSSR count). The van der Waals surface area contributed by atoms with Gasteiger partial charge in [-0.25, -0.2) is 0 Å². The van der Waals surface area contributed by atoms with Crippen molar-refractivity contribution < 1.29 is 27.2 Å². The Morgan fingerprint density at radius 3 is 2.45 bits per heavy atom. The van der Waals surface area contributed by atoms with Crippen LogP contribution in [0.15, 0.2) is 65.7 Å². The van der Waals surface area contributed by atoms with Crippen LogP contribution in [0.4, 0.5) is 0 Å². The fraction of sp³-hybridized carbons (Fsp3) is 0.400. The normalized spacial score (nSPS) is 20.3. The van der Waals surface area contributed by atoms with Crippen LogP contribution >= 0.6 is 26.8 Å². The first-order chi connectivity index (χ1) is 19.5. The minimum atomic E-state index is -3.73. The Bertz CT molecular complexity index is 1790. The van der Waals surface area contributed by atoms with Crippen molar-refractivity contribution in [1.29, 1.82) is 0 Å². The molecule has 1 fully saturated rings. The molecular weight excluding hydrogens is 598 g/mol. The van der Waals surface area contributed by atoms with E-state index in [-0.39, 0.29) is 18.3 Å². The molecule has 1 aliphatic rings. The Morgan fingerprint density at radius 2 is 1.79 bits per heavy atom. The molecule has 0 spiro atoms. The molecule has 2 atom stereocenters. The molecule has 0 saturated carbocycles. The highest BCUT2D eigenvalue weighted by Gasteiger charge is 2.38. The largest absolute Gasteiger partial charge is 0.363 e. The molecule has 42 heavy (non-hydrogen) atoms. The Hall–Kier alpha value is -2.35. The minimum absolute atomic E-state index is 0.146. The van der Waals surface area contributed by atoms with Gasteiger partial charge in [0, 0.05) is 40.7 Å². The summed E-state index contributed by atoms with van der Waals surface area (Å²) in [4.78, 5) is 17.5. The fourth-order valence-corrected chi connectivity index (χ4v) is 9.32. The Morgan fingerprint density at radius 1 is 1.07 bits per heavy atom. The lowest BCUT2D eigenvalue weighted by molar-refractivity contribution is 0.0464. The van der Waals surface area contributed by atoms with E-state index in [1.165, 1.54) is 12.3 Å². The standard InChI is InChI=1S/C30H35ClN2O7P2/c1-29(2,3)39-41(35,40-30(4,5)6)19-33-14-12-25(34)24-11-10-21-17-23(18-32-27(21)28(24)33)42(36)37-15-13-26(38-42)20-8-7-9-22(31)16-20/h7-12,14,16-18,26H,13,15,19H2,1-6H3/t26-,42?/m0/s1. The summed E-state index contributed by atoms with van der Waals surface area (Å²) in [6, 6.07) is 13.8. The van der Waals surface area contributed by atoms with E-state index in [0.717, 1.165) is 5.56 Å². The quantitative estimate of drug-likeness (QED) is 0.156. The van der Waals surface area contributed by atoms with Gasteiger partial charge in [-0.3, -0.25) is 23.4 Å². The number of aromatic nitrogens is 2. The topological polar surface area (TPSA) is 106 Å². The molecule has 2 aromatic heterocycles. The first kappa shape index (κ1) is 31.1. The number of hydrogen-bond donors (Lipinski definition) is 0. The van der Waals surface area contributed by atoms with Crippen LogP contribution in [-0.2, 0) is 33.5 Å². The molecule has 0 N–H and O–H groups in total. The molecule has 0 radical (unpaired) electrons. The van der Waals surface area contributed by atoms with Crippen LogP contribution in [0.5, 0.6) is 0 Å². The number of nitrogens with zero attached hydrogens (tertiary/aromatic N) is 2. The van der Waals surface area contributed by atoms with Gasteiger partial charge in [0.1, 0.15) is 6.29 Å². The molecule has 12 heteroatoms. The monoisotopic (exact) mass is 632 g/mol. The van der Waals surface area contributed by atoms with Gasteiger partial charge in [0.25, 0.3) is 0 Å². The van der Waals surface area contributed by atoms with E-state index in [0.29, 0.717) is 38.6 Å². The van der Waals surface area contributed by atoms with Crippen molar-refractivity contribution in [1.82, 2.24) is 9.55 Å². The molecule has 0 aliphatic carbocycles. The van der Waals surface area contributed by atoms with Gasteiger partial charge < -0.3 is 18.1 Å². The van der Waals surface area contributed by atoms with Crippen molar-refractivity contribution in [2.24, 2.45) is 0 Å². The van der Waals surface area contributed by atoms with Gasteiger partial charge in [0.05, 0.1) is 40.3 Å². The fourth-order valence-electron chi connectivity index (χ4n) is 4.95. The van der Waals surface area contributed by atoms with Gasteiger partial charge in [-0.2, -0.15) is 0 Å². The second kappa shape index (κ2) is 11.3. The average Bonchev–Trinajstić information content (AvgIpc) is 2.87. The van der Waals surface area contributed by atoms with Crippen LogP contribution < -0.4 is 10.7 Å². The summed E-state index contributed by atoms with van der Waals surface area (Å²) in [5.74, 6) is 0. The molecule has 1 aliphatic heterocycles. The van der Waals surface area contributed by atoms with Gasteiger partial charge in [-0.05, 0) is 71.4 Å². The van der Waals surface area contributed by atoms with Gasteiger partial charge in [-0.15, -0.1) is 0 Å². The first-order valence-corrected chi connectivity index (χ1v) is 17.3. The lowest BCUT2D eigenvalue weighted by atomic mass is 10.1. The predicted octanol–water partition coefficient (Wildman–Crippen LogP) is 7.98. The van der Waals surface area contributed by atoms with Crippen LogP contribution in [0.2, 0.25) is 5.02 Å². The predicted molar refractivity (Wildman–Crippen MR) is 166 cm³/mol. The zero-order chi connectivity index (χ0) is 30.5. The van der Waals surface area contributed by atoms with Crippen LogP contribution in [0.1, 0.15) is 59.6 Å². The van der Waals surface area contributed by atoms with Crippen LogP contribution in [0.25, 0.3) is 21.8 Å². The van der Waals surface area contributed by atoms with Crippen molar-refractivity contribution in [2.75, 3.05) is 6.61 Å². The summed E-state index contributed by atoms with van der Waals surface area (Å²) in [5, 5.41) is 1.85. The molecule has 2 aromatic carbocycles. The molecule has 9 nitrogen and oxygen atoms in total. The molecule has 0 amide bonds. The van der Waals surface area contributed by atoms with Crippen LogP contribution in [-0.4, -0.2) is 27.4 Å². The van der Waals surface area contributed by atoms with Crippen LogP contribution in [0, 0.1) is 0 Å². The third-order valence-electron chi connectivity index (χ3n) is 6.37. The van der Waals surface area contributed by atoms with E-state index >= 15 is 0 Å². The Balaban J connectivity index is 1.58. The van der Waals surface area contributed by atoms with E-state index in [9.17, 15) is 13.9 Å². The molecule has 1 unspecified atom stereocenters. The third kappa shape index (κ3) is 6.89. The maximum absolute atomic E-state index is 14.1. The lowest BCUT2D eigenvalue weighted by Crippen LogP contribution is -2.25. The summed E-state index contributed by atoms with van der Waals surface area (Å²) < 4.78 is 53.5. The minimum Gasteiger partial charge on any atom is -0.333 e. The maximum atomic E-state index is 14.1. The lowest BCUT2D eigenvalue weighted by Gasteiger charge is -2.32. The highest BCUT2D eigenvalue weighted by Crippen LogP contribution is 2.57. The SMILES string of the molecule is CC(C)(C)OP(=O)(Cn1ccc(=O)c2ccc3cc(P4(=O)OCC[C@@H](c5cccc(Cl)c5)O4)cnc3c21)OC(C)(C)C. The summed E-state index contributed by atoms with van der Waals surface area (Å²) in [6.07, 6.45) is 2.93. The second-order valence-electron chi connectivity index (χ2n) is 12.3. The van der Waals surface area contributed by atoms with Gasteiger partial charge in [-0.1, -0.05) is 29.8 Å². The van der Waals surface area contributed by atoms with Crippen molar-refractivity contribution in [3.8, 4) is 0 Å². The van der Waals surface area contributed by atoms with Crippen molar-refractivity contribution in [3.05, 3.63) is 81.7 Å². The van der Waals surface area contributed by atoms with E-state index in [1.54, 1.807) is 41.1 Å². The summed E-state index contributed by atoms with van der Waals surface area (Å²) in [6.45, 7) is 11.1. The van der Waals surface area contributed by atoms with E-state index in [1.807, 2.05) is 53.7 Å².